The van der Waals surface area contributed by atoms with E-state index in [1.807, 2.05) is 18.3 Å². The second-order valence-corrected chi connectivity index (χ2v) is 4.36. The molecule has 1 aliphatic heterocycles. The van der Waals surface area contributed by atoms with Crippen molar-refractivity contribution in [2.75, 3.05) is 50.5 Å². The van der Waals surface area contributed by atoms with Crippen LogP contribution in [0, 0.1) is 0 Å². The molecule has 0 aliphatic carbocycles. The normalized spacial score (nSPS) is 18.0. The summed E-state index contributed by atoms with van der Waals surface area (Å²) in [6.07, 6.45) is 1.83. The summed E-state index contributed by atoms with van der Waals surface area (Å²) < 4.78 is 0. The van der Waals surface area contributed by atoms with Gasteiger partial charge < -0.3 is 15.6 Å². The summed E-state index contributed by atoms with van der Waals surface area (Å²) >= 11 is 0. The largest absolute Gasteiger partial charge is 0.370 e. The SMILES string of the molecule is CCNc1cc(NN2CCN(C)CC2)ccn1. The van der Waals surface area contributed by atoms with Crippen molar-refractivity contribution in [3.63, 3.8) is 0 Å². The molecule has 5 nitrogen and oxygen atoms in total. The molecule has 2 rings (SSSR count). The number of piperazine rings is 1. The first-order chi connectivity index (χ1) is 8.28. The molecular formula is C12H21N5. The van der Waals surface area contributed by atoms with Crippen LogP contribution < -0.4 is 10.7 Å². The molecule has 17 heavy (non-hydrogen) atoms. The van der Waals surface area contributed by atoms with Crippen LogP contribution in [0.15, 0.2) is 18.3 Å². The molecule has 0 radical (unpaired) electrons. The summed E-state index contributed by atoms with van der Waals surface area (Å²) in [5.74, 6) is 0.923. The van der Waals surface area contributed by atoms with Gasteiger partial charge in [0.2, 0.25) is 0 Å². The Labute approximate surface area is 103 Å². The average Bonchev–Trinajstić information content (AvgIpc) is 2.33. The smallest absolute Gasteiger partial charge is 0.127 e. The first-order valence-corrected chi connectivity index (χ1v) is 6.18. The van der Waals surface area contributed by atoms with Gasteiger partial charge in [0.1, 0.15) is 5.82 Å². The monoisotopic (exact) mass is 235 g/mol. The number of aromatic nitrogens is 1. The molecule has 0 bridgehead atoms. The van der Waals surface area contributed by atoms with E-state index in [0.29, 0.717) is 0 Å². The minimum atomic E-state index is 0.894. The molecule has 94 valence electrons. The summed E-state index contributed by atoms with van der Waals surface area (Å²) in [5.41, 5.74) is 4.52. The number of anilines is 2. The Morgan fingerprint density at radius 1 is 1.29 bits per heavy atom. The van der Waals surface area contributed by atoms with Gasteiger partial charge in [-0.2, -0.15) is 0 Å². The lowest BCUT2D eigenvalue weighted by Gasteiger charge is -2.33. The van der Waals surface area contributed by atoms with Crippen LogP contribution in [0.25, 0.3) is 0 Å². The number of likely N-dealkylation sites (N-methyl/N-ethyl adjacent to an activating group) is 1. The Balaban J connectivity index is 1.91. The highest BCUT2D eigenvalue weighted by atomic mass is 15.5. The zero-order valence-corrected chi connectivity index (χ0v) is 10.6. The number of nitrogens with zero attached hydrogens (tertiary/aromatic N) is 3. The van der Waals surface area contributed by atoms with E-state index in [2.05, 4.69) is 39.6 Å². The predicted octanol–water partition coefficient (Wildman–Crippen LogP) is 1.09. The van der Waals surface area contributed by atoms with E-state index in [-0.39, 0.29) is 0 Å². The summed E-state index contributed by atoms with van der Waals surface area (Å²) in [7, 11) is 2.16. The Hall–Kier alpha value is -1.33. The maximum Gasteiger partial charge on any atom is 0.127 e. The number of nitrogens with one attached hydrogen (secondary N) is 2. The van der Waals surface area contributed by atoms with Gasteiger partial charge in [-0.1, -0.05) is 0 Å². The van der Waals surface area contributed by atoms with Gasteiger partial charge in [0.25, 0.3) is 0 Å². The van der Waals surface area contributed by atoms with E-state index in [9.17, 15) is 0 Å². The molecule has 5 heteroatoms. The van der Waals surface area contributed by atoms with E-state index in [1.54, 1.807) is 0 Å². The van der Waals surface area contributed by atoms with Crippen LogP contribution in [0.1, 0.15) is 6.92 Å². The van der Waals surface area contributed by atoms with E-state index in [0.717, 1.165) is 44.2 Å². The Bertz CT molecular complexity index is 347. The van der Waals surface area contributed by atoms with E-state index < -0.39 is 0 Å². The third kappa shape index (κ3) is 3.57. The molecule has 2 heterocycles. The summed E-state index contributed by atoms with van der Waals surface area (Å²) in [6.45, 7) is 7.29. The summed E-state index contributed by atoms with van der Waals surface area (Å²) in [4.78, 5) is 6.60. The van der Waals surface area contributed by atoms with Crippen LogP contribution in [0.3, 0.4) is 0 Å². The molecule has 0 saturated carbocycles. The van der Waals surface area contributed by atoms with Gasteiger partial charge in [0.15, 0.2) is 0 Å². The third-order valence-corrected chi connectivity index (χ3v) is 2.91. The fourth-order valence-corrected chi connectivity index (χ4v) is 1.88. The van der Waals surface area contributed by atoms with E-state index >= 15 is 0 Å². The zero-order chi connectivity index (χ0) is 12.1. The lowest BCUT2D eigenvalue weighted by Crippen LogP contribution is -2.46. The lowest BCUT2D eigenvalue weighted by atomic mass is 10.3. The summed E-state index contributed by atoms with van der Waals surface area (Å²) in [5, 5.41) is 5.47. The molecule has 1 aliphatic rings. The molecule has 2 N–H and O–H groups in total. The molecule has 0 atom stereocenters. The van der Waals surface area contributed by atoms with Crippen LogP contribution in [-0.4, -0.2) is 54.7 Å². The zero-order valence-electron chi connectivity index (χ0n) is 10.6. The third-order valence-electron chi connectivity index (χ3n) is 2.91. The highest BCUT2D eigenvalue weighted by molar-refractivity contribution is 5.51. The molecular weight excluding hydrogens is 214 g/mol. The van der Waals surface area contributed by atoms with Crippen molar-refractivity contribution < 1.29 is 0 Å². The first kappa shape index (κ1) is 12.1. The van der Waals surface area contributed by atoms with Gasteiger partial charge in [-0.25, -0.2) is 9.99 Å². The molecule has 1 aromatic heterocycles. The van der Waals surface area contributed by atoms with Crippen molar-refractivity contribution in [2.45, 2.75) is 6.92 Å². The fourth-order valence-electron chi connectivity index (χ4n) is 1.88. The van der Waals surface area contributed by atoms with Crippen LogP contribution >= 0.6 is 0 Å². The molecule has 1 saturated heterocycles. The van der Waals surface area contributed by atoms with Gasteiger partial charge in [0.05, 0.1) is 5.69 Å². The second kappa shape index (κ2) is 5.84. The highest BCUT2D eigenvalue weighted by Gasteiger charge is 2.13. The highest BCUT2D eigenvalue weighted by Crippen LogP contribution is 2.13. The second-order valence-electron chi connectivity index (χ2n) is 4.36. The van der Waals surface area contributed by atoms with Crippen LogP contribution in [0.2, 0.25) is 0 Å². The minimum absolute atomic E-state index is 0.894. The number of hydrogen-bond donors (Lipinski definition) is 2. The average molecular weight is 235 g/mol. The number of hydrazine groups is 1. The van der Waals surface area contributed by atoms with Gasteiger partial charge >= 0.3 is 0 Å². The Morgan fingerprint density at radius 3 is 2.76 bits per heavy atom. The van der Waals surface area contributed by atoms with Crippen molar-refractivity contribution >= 4 is 11.5 Å². The van der Waals surface area contributed by atoms with Crippen molar-refractivity contribution in [2.24, 2.45) is 0 Å². The maximum atomic E-state index is 4.26. The van der Waals surface area contributed by atoms with Crippen LogP contribution in [0.4, 0.5) is 11.5 Å². The van der Waals surface area contributed by atoms with Crippen molar-refractivity contribution in [3.8, 4) is 0 Å². The standard InChI is InChI=1S/C12H21N5/c1-3-13-12-10-11(4-5-14-12)15-17-8-6-16(2)7-9-17/h4-5,10H,3,6-9H2,1-2H3,(H2,13,14,15). The topological polar surface area (TPSA) is 43.4 Å². The molecule has 1 fully saturated rings. The van der Waals surface area contributed by atoms with Gasteiger partial charge in [0, 0.05) is 45.0 Å². The molecule has 0 amide bonds. The molecule has 0 unspecified atom stereocenters. The van der Waals surface area contributed by atoms with Crippen molar-refractivity contribution in [3.05, 3.63) is 18.3 Å². The van der Waals surface area contributed by atoms with Crippen molar-refractivity contribution in [1.82, 2.24) is 14.9 Å². The quantitative estimate of drug-likeness (QED) is 0.818. The Morgan fingerprint density at radius 2 is 2.06 bits per heavy atom. The van der Waals surface area contributed by atoms with Crippen molar-refractivity contribution in [1.29, 1.82) is 0 Å². The minimum Gasteiger partial charge on any atom is -0.370 e. The number of hydrogen-bond acceptors (Lipinski definition) is 5. The molecule has 0 spiro atoms. The lowest BCUT2D eigenvalue weighted by molar-refractivity contribution is 0.179. The summed E-state index contributed by atoms with van der Waals surface area (Å²) in [6, 6.07) is 4.04. The number of pyridine rings is 1. The van der Waals surface area contributed by atoms with E-state index in [1.165, 1.54) is 0 Å². The molecule has 1 aromatic rings. The van der Waals surface area contributed by atoms with E-state index in [4.69, 9.17) is 0 Å². The van der Waals surface area contributed by atoms with Crippen LogP contribution in [0.5, 0.6) is 0 Å². The number of rotatable bonds is 4. The first-order valence-electron chi connectivity index (χ1n) is 6.18. The molecule has 0 aromatic carbocycles. The maximum absolute atomic E-state index is 4.26. The Kier molecular flexibility index (Phi) is 4.17. The fraction of sp³-hybridized carbons (Fsp3) is 0.583. The van der Waals surface area contributed by atoms with Crippen LogP contribution in [-0.2, 0) is 0 Å². The van der Waals surface area contributed by atoms with Gasteiger partial charge in [-0.3, -0.25) is 0 Å². The van der Waals surface area contributed by atoms with Gasteiger partial charge in [-0.05, 0) is 20.0 Å². The van der Waals surface area contributed by atoms with Gasteiger partial charge in [-0.15, -0.1) is 0 Å². The predicted molar refractivity (Wildman–Crippen MR) is 71.1 cm³/mol.